The van der Waals surface area contributed by atoms with Gasteiger partial charge in [0.15, 0.2) is 0 Å². The maximum Gasteiger partial charge on any atom is 0.148 e. The van der Waals surface area contributed by atoms with Gasteiger partial charge in [0, 0.05) is 17.1 Å². The summed E-state index contributed by atoms with van der Waals surface area (Å²) in [4.78, 5) is 2.84. The van der Waals surface area contributed by atoms with Crippen molar-refractivity contribution < 1.29 is 4.39 Å². The van der Waals surface area contributed by atoms with Crippen molar-refractivity contribution in [2.24, 2.45) is 0 Å². The van der Waals surface area contributed by atoms with Crippen LogP contribution in [0.4, 0.5) is 4.39 Å². The second-order valence-electron chi connectivity index (χ2n) is 2.69. The number of H-pyrrole nitrogens is 1. The molecule has 2 aromatic rings. The van der Waals surface area contributed by atoms with Gasteiger partial charge in [0.25, 0.3) is 0 Å². The zero-order chi connectivity index (χ0) is 9.84. The molecule has 2 rings (SSSR count). The molecular formula is C11H14FN. The van der Waals surface area contributed by atoms with Crippen LogP contribution in [0.2, 0.25) is 0 Å². The molecule has 1 aromatic heterocycles. The SMILES string of the molecule is CC.Cc1ccc2[nH]cc(F)c2c1. The Morgan fingerprint density at radius 3 is 2.62 bits per heavy atom. The Hall–Kier alpha value is -1.31. The quantitative estimate of drug-likeness (QED) is 0.635. The number of aromatic nitrogens is 1. The van der Waals surface area contributed by atoms with Crippen molar-refractivity contribution in [3.8, 4) is 0 Å². The number of aromatic amines is 1. The van der Waals surface area contributed by atoms with Crippen LogP contribution >= 0.6 is 0 Å². The average Bonchev–Trinajstić information content (AvgIpc) is 2.52. The summed E-state index contributed by atoms with van der Waals surface area (Å²) >= 11 is 0. The van der Waals surface area contributed by atoms with Crippen molar-refractivity contribution >= 4 is 10.9 Å². The first-order valence-corrected chi connectivity index (χ1v) is 4.50. The van der Waals surface area contributed by atoms with Crippen molar-refractivity contribution in [1.82, 2.24) is 4.98 Å². The highest BCUT2D eigenvalue weighted by atomic mass is 19.1. The summed E-state index contributed by atoms with van der Waals surface area (Å²) in [5.41, 5.74) is 1.93. The molecule has 0 aliphatic rings. The highest BCUT2D eigenvalue weighted by Crippen LogP contribution is 2.17. The summed E-state index contributed by atoms with van der Waals surface area (Å²) < 4.78 is 12.9. The fourth-order valence-electron chi connectivity index (χ4n) is 1.20. The second kappa shape index (κ2) is 4.08. The van der Waals surface area contributed by atoms with Gasteiger partial charge >= 0.3 is 0 Å². The Balaban J connectivity index is 0.000000396. The number of aryl methyl sites for hydroxylation is 1. The average molecular weight is 179 g/mol. The fraction of sp³-hybridized carbons (Fsp3) is 0.273. The van der Waals surface area contributed by atoms with E-state index < -0.39 is 0 Å². The van der Waals surface area contributed by atoms with Crippen molar-refractivity contribution in [1.29, 1.82) is 0 Å². The molecule has 0 radical (unpaired) electrons. The summed E-state index contributed by atoms with van der Waals surface area (Å²) in [5, 5.41) is 0.671. The maximum atomic E-state index is 12.9. The van der Waals surface area contributed by atoms with E-state index in [4.69, 9.17) is 0 Å². The first-order valence-electron chi connectivity index (χ1n) is 4.50. The molecule has 0 bridgehead atoms. The molecule has 2 heteroatoms. The van der Waals surface area contributed by atoms with Gasteiger partial charge in [-0.1, -0.05) is 25.5 Å². The lowest BCUT2D eigenvalue weighted by atomic mass is 10.2. The topological polar surface area (TPSA) is 15.8 Å². The molecule has 1 N–H and O–H groups in total. The lowest BCUT2D eigenvalue weighted by molar-refractivity contribution is 0.639. The number of hydrogen-bond acceptors (Lipinski definition) is 0. The smallest absolute Gasteiger partial charge is 0.148 e. The Morgan fingerprint density at radius 1 is 1.23 bits per heavy atom. The summed E-state index contributed by atoms with van der Waals surface area (Å²) in [6.07, 6.45) is 1.38. The van der Waals surface area contributed by atoms with Gasteiger partial charge in [-0.2, -0.15) is 0 Å². The van der Waals surface area contributed by atoms with Crippen molar-refractivity contribution in [2.45, 2.75) is 20.8 Å². The fourth-order valence-corrected chi connectivity index (χ4v) is 1.20. The monoisotopic (exact) mass is 179 g/mol. The van der Waals surface area contributed by atoms with Crippen LogP contribution in [0.3, 0.4) is 0 Å². The van der Waals surface area contributed by atoms with Crippen LogP contribution < -0.4 is 0 Å². The van der Waals surface area contributed by atoms with Gasteiger partial charge in [-0.25, -0.2) is 4.39 Å². The van der Waals surface area contributed by atoms with Gasteiger partial charge in [-0.3, -0.25) is 0 Å². The van der Waals surface area contributed by atoms with Crippen LogP contribution in [0.15, 0.2) is 24.4 Å². The van der Waals surface area contributed by atoms with E-state index in [1.807, 2.05) is 39.0 Å². The number of fused-ring (bicyclic) bond motifs is 1. The molecule has 13 heavy (non-hydrogen) atoms. The van der Waals surface area contributed by atoms with E-state index in [1.165, 1.54) is 6.20 Å². The molecule has 0 amide bonds. The molecule has 0 spiro atoms. The van der Waals surface area contributed by atoms with Gasteiger partial charge in [-0.05, 0) is 19.1 Å². The lowest BCUT2D eigenvalue weighted by Crippen LogP contribution is -1.72. The molecule has 0 fully saturated rings. The van der Waals surface area contributed by atoms with Gasteiger partial charge < -0.3 is 4.98 Å². The molecule has 0 saturated carbocycles. The number of rotatable bonds is 0. The van der Waals surface area contributed by atoms with Crippen LogP contribution in [0.1, 0.15) is 19.4 Å². The van der Waals surface area contributed by atoms with E-state index in [1.54, 1.807) is 0 Å². The largest absolute Gasteiger partial charge is 0.359 e. The third-order valence-corrected chi connectivity index (χ3v) is 1.79. The molecule has 1 aromatic carbocycles. The zero-order valence-electron chi connectivity index (χ0n) is 8.19. The van der Waals surface area contributed by atoms with Crippen molar-refractivity contribution in [3.05, 3.63) is 35.8 Å². The van der Waals surface area contributed by atoms with E-state index in [0.29, 0.717) is 5.39 Å². The summed E-state index contributed by atoms with van der Waals surface area (Å²) in [7, 11) is 0. The Morgan fingerprint density at radius 2 is 1.92 bits per heavy atom. The molecular weight excluding hydrogens is 165 g/mol. The molecule has 0 unspecified atom stereocenters. The summed E-state index contributed by atoms with van der Waals surface area (Å²) in [6, 6.07) is 5.67. The van der Waals surface area contributed by atoms with E-state index in [9.17, 15) is 4.39 Å². The molecule has 70 valence electrons. The van der Waals surface area contributed by atoms with Crippen molar-refractivity contribution in [2.75, 3.05) is 0 Å². The zero-order valence-corrected chi connectivity index (χ0v) is 8.19. The first kappa shape index (κ1) is 9.78. The molecule has 1 nitrogen and oxygen atoms in total. The van der Waals surface area contributed by atoms with Gasteiger partial charge in [0.2, 0.25) is 0 Å². The maximum absolute atomic E-state index is 12.9. The van der Waals surface area contributed by atoms with E-state index in [0.717, 1.165) is 11.1 Å². The number of halogens is 1. The van der Waals surface area contributed by atoms with Crippen molar-refractivity contribution in [3.63, 3.8) is 0 Å². The predicted octanol–water partition coefficient (Wildman–Crippen LogP) is 3.64. The van der Waals surface area contributed by atoms with Crippen LogP contribution in [0.25, 0.3) is 10.9 Å². The standard InChI is InChI=1S/C9H8FN.C2H6/c1-6-2-3-9-7(4-6)8(10)5-11-9;1-2/h2-5,11H,1H3;1-2H3. The van der Waals surface area contributed by atoms with Gasteiger partial charge in [0.05, 0.1) is 0 Å². The minimum atomic E-state index is -0.177. The van der Waals surface area contributed by atoms with Gasteiger partial charge in [-0.15, -0.1) is 0 Å². The van der Waals surface area contributed by atoms with E-state index in [-0.39, 0.29) is 5.82 Å². The van der Waals surface area contributed by atoms with Gasteiger partial charge in [0.1, 0.15) is 5.82 Å². The van der Waals surface area contributed by atoms with Crippen LogP contribution in [-0.4, -0.2) is 4.98 Å². The Bertz CT molecular complexity index is 390. The predicted molar refractivity (Wildman–Crippen MR) is 54.3 cm³/mol. The first-order chi connectivity index (χ1) is 6.27. The third-order valence-electron chi connectivity index (χ3n) is 1.79. The molecule has 0 atom stereocenters. The lowest BCUT2D eigenvalue weighted by Gasteiger charge is -1.91. The molecule has 0 saturated heterocycles. The number of nitrogens with one attached hydrogen (secondary N) is 1. The highest BCUT2D eigenvalue weighted by molar-refractivity contribution is 5.80. The van der Waals surface area contributed by atoms with Crippen LogP contribution in [-0.2, 0) is 0 Å². The Kier molecular flexibility index (Phi) is 3.07. The number of benzene rings is 1. The highest BCUT2D eigenvalue weighted by Gasteiger charge is 2.00. The molecule has 1 heterocycles. The molecule has 0 aliphatic carbocycles. The van der Waals surface area contributed by atoms with Crippen LogP contribution in [0.5, 0.6) is 0 Å². The minimum absolute atomic E-state index is 0.177. The minimum Gasteiger partial charge on any atom is -0.359 e. The van der Waals surface area contributed by atoms with E-state index in [2.05, 4.69) is 4.98 Å². The van der Waals surface area contributed by atoms with E-state index >= 15 is 0 Å². The summed E-state index contributed by atoms with van der Waals surface area (Å²) in [6.45, 7) is 5.95. The summed E-state index contributed by atoms with van der Waals surface area (Å²) in [5.74, 6) is -0.177. The number of hydrogen-bond donors (Lipinski definition) is 1. The normalized spacial score (nSPS) is 9.54. The van der Waals surface area contributed by atoms with Crippen LogP contribution in [0, 0.1) is 12.7 Å². The molecule has 0 aliphatic heterocycles. The third kappa shape index (κ3) is 1.89. The Labute approximate surface area is 77.6 Å². The second-order valence-corrected chi connectivity index (χ2v) is 2.69.